The van der Waals surface area contributed by atoms with Crippen LogP contribution in [-0.4, -0.2) is 66.2 Å². The van der Waals surface area contributed by atoms with Crippen LogP contribution in [0, 0.1) is 0 Å². The summed E-state index contributed by atoms with van der Waals surface area (Å²) in [5.74, 6) is 0.544. The molecule has 0 bridgehead atoms. The van der Waals surface area contributed by atoms with E-state index >= 15 is 0 Å². The second-order valence-corrected chi connectivity index (χ2v) is 7.74. The number of hydrogen-bond acceptors (Lipinski definition) is 5. The van der Waals surface area contributed by atoms with Gasteiger partial charge in [-0.05, 0) is 31.9 Å². The summed E-state index contributed by atoms with van der Waals surface area (Å²) < 4.78 is 1.79. The first kappa shape index (κ1) is 17.4. The number of nitrogens with zero attached hydrogens (tertiary/aromatic N) is 6. The van der Waals surface area contributed by atoms with Crippen LogP contribution in [0.3, 0.4) is 0 Å². The zero-order valence-corrected chi connectivity index (χ0v) is 16.1. The molecule has 0 aliphatic carbocycles. The predicted octanol–water partition coefficient (Wildman–Crippen LogP) is 1.85. The number of imidazole rings is 2. The number of aromatic amines is 1. The molecule has 0 saturated carbocycles. The number of piperidine rings is 1. The number of rotatable bonds is 3. The molecule has 1 amide bonds. The summed E-state index contributed by atoms with van der Waals surface area (Å²) in [6.07, 6.45) is 11.1. The van der Waals surface area contributed by atoms with Gasteiger partial charge in [0.05, 0.1) is 17.6 Å². The third kappa shape index (κ3) is 2.63. The minimum atomic E-state index is -0.0547. The molecule has 146 valence electrons. The van der Waals surface area contributed by atoms with Crippen LogP contribution < -0.4 is 0 Å². The van der Waals surface area contributed by atoms with Crippen LogP contribution in [0.4, 0.5) is 0 Å². The number of nitrogens with one attached hydrogen (secondary N) is 1. The molecule has 1 fully saturated rings. The number of aromatic nitrogens is 5. The monoisotopic (exact) mass is 379 g/mol. The fraction of sp³-hybridized carbons (Fsp3) is 0.500. The number of fused-ring (bicyclic) bond motifs is 3. The Balaban J connectivity index is 1.38. The standard InChI is InChI=1S/C20H25N7O/c1-2-8-27-10-4-15-17(23-14-22-15)20(27)5-11-25(12-6-20)18(28)16-13-26-9-3-7-21-19(26)24-16/h3,7,9,13-14H,2,4-6,8,10-12H2,1H3,(H,22,23). The molecule has 1 spiro atoms. The molecule has 3 aromatic heterocycles. The molecule has 0 radical (unpaired) electrons. The molecule has 3 aromatic rings. The lowest BCUT2D eigenvalue weighted by atomic mass is 9.78. The highest BCUT2D eigenvalue weighted by Gasteiger charge is 2.46. The molecule has 2 aliphatic rings. The minimum absolute atomic E-state index is 0.0135. The molecule has 8 heteroatoms. The van der Waals surface area contributed by atoms with Crippen LogP contribution in [0.15, 0.2) is 31.0 Å². The zero-order valence-electron chi connectivity index (χ0n) is 16.1. The van der Waals surface area contributed by atoms with E-state index in [-0.39, 0.29) is 11.4 Å². The van der Waals surface area contributed by atoms with Gasteiger partial charge < -0.3 is 9.88 Å². The maximum absolute atomic E-state index is 13.0. The molecule has 8 nitrogen and oxygen atoms in total. The largest absolute Gasteiger partial charge is 0.348 e. The van der Waals surface area contributed by atoms with Gasteiger partial charge in [-0.15, -0.1) is 0 Å². The Bertz CT molecular complexity index is 966. The molecule has 5 rings (SSSR count). The number of hydrogen-bond donors (Lipinski definition) is 1. The third-order valence-corrected chi connectivity index (χ3v) is 6.22. The van der Waals surface area contributed by atoms with Gasteiger partial charge in [0.1, 0.15) is 5.69 Å². The Kier molecular flexibility index (Phi) is 4.16. The maximum atomic E-state index is 13.0. The molecule has 0 aromatic carbocycles. The SMILES string of the molecule is CCCN1CCc2[nH]cnc2C12CCN(C(=O)c1cn3cccnc3n1)CC2. The van der Waals surface area contributed by atoms with Gasteiger partial charge in [0.2, 0.25) is 5.78 Å². The van der Waals surface area contributed by atoms with Crippen LogP contribution in [0.5, 0.6) is 0 Å². The minimum Gasteiger partial charge on any atom is -0.348 e. The molecular weight excluding hydrogens is 354 g/mol. The van der Waals surface area contributed by atoms with Crippen LogP contribution in [0.1, 0.15) is 48.1 Å². The second-order valence-electron chi connectivity index (χ2n) is 7.74. The number of H-pyrrole nitrogens is 1. The summed E-state index contributed by atoms with van der Waals surface area (Å²) in [7, 11) is 0. The van der Waals surface area contributed by atoms with E-state index < -0.39 is 0 Å². The Morgan fingerprint density at radius 2 is 2.11 bits per heavy atom. The Labute approximate surface area is 163 Å². The van der Waals surface area contributed by atoms with Gasteiger partial charge in [-0.1, -0.05) is 6.92 Å². The quantitative estimate of drug-likeness (QED) is 0.751. The van der Waals surface area contributed by atoms with Crippen molar-refractivity contribution in [3.8, 4) is 0 Å². The molecular formula is C20H25N7O. The zero-order chi connectivity index (χ0) is 19.1. The molecule has 5 heterocycles. The first-order valence-corrected chi connectivity index (χ1v) is 10.1. The van der Waals surface area contributed by atoms with Crippen molar-refractivity contribution in [3.05, 3.63) is 48.1 Å². The molecule has 0 unspecified atom stereocenters. The first-order chi connectivity index (χ1) is 13.7. The van der Waals surface area contributed by atoms with E-state index in [4.69, 9.17) is 4.98 Å². The normalized spacial score (nSPS) is 19.2. The van der Waals surface area contributed by atoms with Crippen LogP contribution in [-0.2, 0) is 12.0 Å². The van der Waals surface area contributed by atoms with Crippen molar-refractivity contribution in [2.24, 2.45) is 0 Å². The Hall–Kier alpha value is -2.74. The number of likely N-dealkylation sites (tertiary alicyclic amines) is 1. The average Bonchev–Trinajstić information content (AvgIpc) is 3.38. The molecule has 0 atom stereocenters. The smallest absolute Gasteiger partial charge is 0.274 e. The number of carbonyl (C=O) groups excluding carboxylic acids is 1. The first-order valence-electron chi connectivity index (χ1n) is 10.1. The predicted molar refractivity (Wildman–Crippen MR) is 104 cm³/mol. The van der Waals surface area contributed by atoms with E-state index in [1.54, 1.807) is 16.8 Å². The fourth-order valence-corrected chi connectivity index (χ4v) is 4.85. The van der Waals surface area contributed by atoms with E-state index in [2.05, 4.69) is 26.8 Å². The van der Waals surface area contributed by atoms with Crippen molar-refractivity contribution < 1.29 is 4.79 Å². The molecule has 2 aliphatic heterocycles. The van der Waals surface area contributed by atoms with Crippen LogP contribution >= 0.6 is 0 Å². The molecule has 1 N–H and O–H groups in total. The Morgan fingerprint density at radius 3 is 2.89 bits per heavy atom. The van der Waals surface area contributed by atoms with Crippen LogP contribution in [0.2, 0.25) is 0 Å². The fourth-order valence-electron chi connectivity index (χ4n) is 4.85. The van der Waals surface area contributed by atoms with Gasteiger partial charge in [-0.3, -0.25) is 14.1 Å². The lowest BCUT2D eigenvalue weighted by molar-refractivity contribution is 0.00692. The lowest BCUT2D eigenvalue weighted by Gasteiger charge is -2.50. The van der Waals surface area contributed by atoms with Gasteiger partial charge in [0.15, 0.2) is 0 Å². The van der Waals surface area contributed by atoms with Gasteiger partial charge in [-0.25, -0.2) is 15.0 Å². The molecule has 28 heavy (non-hydrogen) atoms. The lowest BCUT2D eigenvalue weighted by Crippen LogP contribution is -2.57. The van der Waals surface area contributed by atoms with Crippen molar-refractivity contribution in [2.75, 3.05) is 26.2 Å². The summed E-state index contributed by atoms with van der Waals surface area (Å²) in [5, 5.41) is 0. The van der Waals surface area contributed by atoms with Crippen molar-refractivity contribution in [1.29, 1.82) is 0 Å². The second kappa shape index (κ2) is 6.70. The van der Waals surface area contributed by atoms with Gasteiger partial charge in [-0.2, -0.15) is 0 Å². The Morgan fingerprint density at radius 1 is 1.25 bits per heavy atom. The van der Waals surface area contributed by atoms with E-state index in [9.17, 15) is 4.79 Å². The average molecular weight is 379 g/mol. The summed E-state index contributed by atoms with van der Waals surface area (Å²) in [6.45, 7) is 5.77. The van der Waals surface area contributed by atoms with Gasteiger partial charge in [0, 0.05) is 50.3 Å². The van der Waals surface area contributed by atoms with Gasteiger partial charge >= 0.3 is 0 Å². The highest BCUT2D eigenvalue weighted by Crippen LogP contribution is 2.42. The van der Waals surface area contributed by atoms with Crippen molar-refractivity contribution in [2.45, 2.75) is 38.1 Å². The van der Waals surface area contributed by atoms with Crippen molar-refractivity contribution in [3.63, 3.8) is 0 Å². The highest BCUT2D eigenvalue weighted by atomic mass is 16.2. The molecule has 1 saturated heterocycles. The summed E-state index contributed by atoms with van der Waals surface area (Å²) in [4.78, 5) is 34.2. The number of carbonyl (C=O) groups is 1. The highest BCUT2D eigenvalue weighted by molar-refractivity contribution is 5.92. The van der Waals surface area contributed by atoms with E-state index in [1.165, 1.54) is 11.4 Å². The van der Waals surface area contributed by atoms with Crippen molar-refractivity contribution in [1.82, 2.24) is 34.1 Å². The van der Waals surface area contributed by atoms with Gasteiger partial charge in [0.25, 0.3) is 5.91 Å². The van der Waals surface area contributed by atoms with Crippen LogP contribution in [0.25, 0.3) is 5.78 Å². The topological polar surface area (TPSA) is 82.4 Å². The maximum Gasteiger partial charge on any atom is 0.274 e. The third-order valence-electron chi connectivity index (χ3n) is 6.22. The number of amides is 1. The van der Waals surface area contributed by atoms with E-state index in [0.29, 0.717) is 24.6 Å². The summed E-state index contributed by atoms with van der Waals surface area (Å²) in [6, 6.07) is 1.83. The summed E-state index contributed by atoms with van der Waals surface area (Å²) >= 11 is 0. The summed E-state index contributed by atoms with van der Waals surface area (Å²) in [5.41, 5.74) is 2.86. The van der Waals surface area contributed by atoms with E-state index in [0.717, 1.165) is 38.8 Å². The van der Waals surface area contributed by atoms with Crippen molar-refractivity contribution >= 4 is 11.7 Å². The van der Waals surface area contributed by atoms with E-state index in [1.807, 2.05) is 23.5 Å².